The van der Waals surface area contributed by atoms with Crippen molar-refractivity contribution in [3.8, 4) is 22.9 Å². The van der Waals surface area contributed by atoms with Crippen LogP contribution in [0.3, 0.4) is 0 Å². The van der Waals surface area contributed by atoms with E-state index in [0.717, 1.165) is 0 Å². The molecule has 2 amide bonds. The summed E-state index contributed by atoms with van der Waals surface area (Å²) in [5, 5.41) is 26.1. The molecule has 0 aliphatic rings. The number of aliphatic imine (C=N–C) groups is 2. The van der Waals surface area contributed by atoms with Gasteiger partial charge < -0.3 is 25.8 Å². The lowest BCUT2D eigenvalue weighted by Crippen LogP contribution is -2.12. The number of H-pyrrole nitrogens is 1. The highest BCUT2D eigenvalue weighted by molar-refractivity contribution is 6.38. The summed E-state index contributed by atoms with van der Waals surface area (Å²) < 4.78 is 0. The summed E-state index contributed by atoms with van der Waals surface area (Å²) in [5.41, 5.74) is 5.78. The predicted molar refractivity (Wildman–Crippen MR) is 211 cm³/mol. The number of fused-ring (bicyclic) bond motifs is 1. The third-order valence-corrected chi connectivity index (χ3v) is 8.88. The van der Waals surface area contributed by atoms with Crippen LogP contribution in [0.4, 0.5) is 22.7 Å². The summed E-state index contributed by atoms with van der Waals surface area (Å²) in [7, 11) is 0. The maximum absolute atomic E-state index is 13.1. The smallest absolute Gasteiger partial charge is 0.255 e. The maximum Gasteiger partial charge on any atom is 0.255 e. The van der Waals surface area contributed by atoms with E-state index in [4.69, 9.17) is 23.2 Å². The largest absolute Gasteiger partial charge is 0.507 e. The Kier molecular flexibility index (Phi) is 9.97. The maximum atomic E-state index is 13.1. The SMILES string of the molecule is O=C(Nc1ccc(-c2nc3ccc(NC(=O)c4ccc(N=Cc5ccccc5O)cc4)c(Cl)c3[nH]2)cc1Cl)c1ccc(N=Cc2ccccc2O)cc1. The Morgan fingerprint density at radius 2 is 1.15 bits per heavy atom. The number of nitrogens with zero attached hydrogens (tertiary/aromatic N) is 3. The van der Waals surface area contributed by atoms with Crippen molar-refractivity contribution in [3.63, 3.8) is 0 Å². The van der Waals surface area contributed by atoms with Crippen LogP contribution >= 0.6 is 23.2 Å². The summed E-state index contributed by atoms with van der Waals surface area (Å²) in [6.07, 6.45) is 3.11. The van der Waals surface area contributed by atoms with E-state index in [1.807, 2.05) is 0 Å². The Hall–Kier alpha value is -6.75. The van der Waals surface area contributed by atoms with Gasteiger partial charge in [-0.25, -0.2) is 4.98 Å². The first-order valence-corrected chi connectivity index (χ1v) is 16.9. The number of hydrogen-bond acceptors (Lipinski definition) is 7. The van der Waals surface area contributed by atoms with E-state index < -0.39 is 0 Å². The van der Waals surface area contributed by atoms with E-state index in [-0.39, 0.29) is 28.3 Å². The van der Waals surface area contributed by atoms with Crippen LogP contribution < -0.4 is 10.6 Å². The Balaban J connectivity index is 1.00. The van der Waals surface area contributed by atoms with Crippen LogP contribution in [0.5, 0.6) is 11.5 Å². The molecule has 0 aliphatic heterocycles. The summed E-state index contributed by atoms with van der Waals surface area (Å²) in [5.74, 6) is 0.0342. The topological polar surface area (TPSA) is 152 Å². The van der Waals surface area contributed by atoms with Gasteiger partial charge in [-0.3, -0.25) is 19.6 Å². The van der Waals surface area contributed by atoms with Gasteiger partial charge in [-0.1, -0.05) is 47.5 Å². The summed E-state index contributed by atoms with van der Waals surface area (Å²) in [4.78, 5) is 42.7. The van der Waals surface area contributed by atoms with Crippen LogP contribution in [-0.2, 0) is 0 Å². The average molecular weight is 740 g/mol. The molecule has 0 saturated carbocycles. The van der Waals surface area contributed by atoms with Crippen molar-refractivity contribution < 1.29 is 19.8 Å². The van der Waals surface area contributed by atoms with Gasteiger partial charge in [0.05, 0.1) is 43.8 Å². The zero-order chi connectivity index (χ0) is 36.9. The molecule has 0 spiro atoms. The number of phenolic OH excluding ortho intramolecular Hbond substituents is 2. The summed E-state index contributed by atoms with van der Waals surface area (Å²) in [6.45, 7) is 0. The van der Waals surface area contributed by atoms with Gasteiger partial charge in [-0.2, -0.15) is 0 Å². The number of imidazole rings is 1. The second kappa shape index (κ2) is 15.2. The van der Waals surface area contributed by atoms with Crippen LogP contribution in [0.25, 0.3) is 22.4 Å². The number of amides is 2. The number of anilines is 2. The van der Waals surface area contributed by atoms with Gasteiger partial charge in [-0.15, -0.1) is 0 Å². The van der Waals surface area contributed by atoms with Gasteiger partial charge in [-0.05, 0) is 103 Å². The Morgan fingerprint density at radius 3 is 1.68 bits per heavy atom. The molecule has 0 unspecified atom stereocenters. The molecule has 10 nitrogen and oxygen atoms in total. The molecule has 5 N–H and O–H groups in total. The van der Waals surface area contributed by atoms with Gasteiger partial charge >= 0.3 is 0 Å². The normalized spacial score (nSPS) is 11.4. The Labute approximate surface area is 313 Å². The molecule has 0 radical (unpaired) electrons. The minimum atomic E-state index is -0.361. The highest BCUT2D eigenvalue weighted by Crippen LogP contribution is 2.34. The first kappa shape index (κ1) is 34.7. The van der Waals surface area contributed by atoms with E-state index in [0.29, 0.717) is 72.4 Å². The second-order valence-corrected chi connectivity index (χ2v) is 12.5. The minimum absolute atomic E-state index is 0.128. The highest BCUT2D eigenvalue weighted by atomic mass is 35.5. The van der Waals surface area contributed by atoms with Gasteiger partial charge in [0.25, 0.3) is 11.8 Å². The van der Waals surface area contributed by atoms with Gasteiger partial charge in [0.15, 0.2) is 0 Å². The second-order valence-electron chi connectivity index (χ2n) is 11.7. The van der Waals surface area contributed by atoms with E-state index in [1.165, 1.54) is 0 Å². The fourth-order valence-corrected chi connectivity index (χ4v) is 5.79. The van der Waals surface area contributed by atoms with Crippen LogP contribution in [0.2, 0.25) is 10.0 Å². The van der Waals surface area contributed by atoms with Gasteiger partial charge in [0.2, 0.25) is 0 Å². The molecule has 260 valence electrons. The number of aromatic hydroxyl groups is 2. The molecule has 7 aromatic rings. The van der Waals surface area contributed by atoms with Crippen molar-refractivity contribution in [1.29, 1.82) is 0 Å². The monoisotopic (exact) mass is 738 g/mol. The molecule has 53 heavy (non-hydrogen) atoms. The molecule has 0 bridgehead atoms. The lowest BCUT2D eigenvalue weighted by Gasteiger charge is -2.09. The first-order chi connectivity index (χ1) is 25.7. The zero-order valence-corrected chi connectivity index (χ0v) is 29.1. The van der Waals surface area contributed by atoms with Crippen molar-refractivity contribution in [3.05, 3.63) is 160 Å². The molecule has 1 heterocycles. The Bertz CT molecular complexity index is 2550. The van der Waals surface area contributed by atoms with Crippen LogP contribution in [0, 0.1) is 0 Å². The molecule has 0 saturated heterocycles. The summed E-state index contributed by atoms with van der Waals surface area (Å²) in [6, 6.07) is 35.7. The fraction of sp³-hybridized carbons (Fsp3) is 0. The van der Waals surface area contributed by atoms with Gasteiger partial charge in [0, 0.05) is 40.2 Å². The number of carbonyl (C=O) groups excluding carboxylic acids is 2. The molecule has 6 aromatic carbocycles. The zero-order valence-electron chi connectivity index (χ0n) is 27.6. The van der Waals surface area contributed by atoms with Crippen molar-refractivity contribution in [2.75, 3.05) is 10.6 Å². The van der Waals surface area contributed by atoms with E-state index in [9.17, 15) is 19.8 Å². The van der Waals surface area contributed by atoms with E-state index in [1.54, 1.807) is 140 Å². The number of phenols is 2. The van der Waals surface area contributed by atoms with Crippen molar-refractivity contribution in [2.24, 2.45) is 9.98 Å². The molecule has 1 aromatic heterocycles. The number of halogens is 2. The number of hydrogen-bond donors (Lipinski definition) is 5. The average Bonchev–Trinajstić information content (AvgIpc) is 3.62. The Morgan fingerprint density at radius 1 is 0.642 bits per heavy atom. The number of aromatic nitrogens is 2. The molecule has 12 heteroatoms. The fourth-order valence-electron chi connectivity index (χ4n) is 5.31. The predicted octanol–water partition coefficient (Wildman–Crippen LogP) is 9.95. The molecular formula is C41H28Cl2N6O4. The molecule has 7 rings (SSSR count). The van der Waals surface area contributed by atoms with Crippen molar-refractivity contribution in [2.45, 2.75) is 0 Å². The minimum Gasteiger partial charge on any atom is -0.507 e. The molecule has 0 fully saturated rings. The first-order valence-electron chi connectivity index (χ1n) is 16.2. The lowest BCUT2D eigenvalue weighted by molar-refractivity contribution is 0.101. The standard InChI is InChI=1S/C41H28Cl2N6O4/c42-31-21-26(13-18-32(31)47-40(52)24-9-14-29(15-10-24)44-22-27-5-1-3-7-35(27)50)39-46-34-20-19-33(37(43)38(34)49-39)48-41(53)25-11-16-30(17-12-25)45-23-28-6-2-4-8-36(28)51/h1-23,50-51H,(H,46,49)(H,47,52)(H,48,53). The van der Waals surface area contributed by atoms with E-state index >= 15 is 0 Å². The number of carbonyl (C=O) groups is 2. The third kappa shape index (κ3) is 7.94. The number of nitrogens with one attached hydrogen (secondary N) is 3. The number of para-hydroxylation sites is 2. The molecule has 0 aliphatic carbocycles. The third-order valence-electron chi connectivity index (χ3n) is 8.17. The lowest BCUT2D eigenvalue weighted by atomic mass is 10.1. The van der Waals surface area contributed by atoms with Crippen LogP contribution in [-0.4, -0.2) is 44.4 Å². The molecule has 0 atom stereocenters. The summed E-state index contributed by atoms with van der Waals surface area (Å²) >= 11 is 13.3. The van der Waals surface area contributed by atoms with E-state index in [2.05, 4.69) is 30.6 Å². The number of rotatable bonds is 9. The van der Waals surface area contributed by atoms with Crippen molar-refractivity contribution >= 4 is 81.2 Å². The quantitative estimate of drug-likeness (QED) is 0.0934. The number of benzene rings is 6. The molecular weight excluding hydrogens is 711 g/mol. The van der Waals surface area contributed by atoms with Gasteiger partial charge in [0.1, 0.15) is 17.3 Å². The number of aromatic amines is 1. The van der Waals surface area contributed by atoms with Crippen LogP contribution in [0.15, 0.2) is 137 Å². The van der Waals surface area contributed by atoms with Crippen molar-refractivity contribution in [1.82, 2.24) is 9.97 Å². The van der Waals surface area contributed by atoms with Crippen LogP contribution in [0.1, 0.15) is 31.8 Å². The highest BCUT2D eigenvalue weighted by Gasteiger charge is 2.16.